The number of aromatic nitrogens is 1. The van der Waals surface area contributed by atoms with Crippen LogP contribution in [0.2, 0.25) is 5.02 Å². The van der Waals surface area contributed by atoms with Gasteiger partial charge in [0.05, 0.1) is 23.7 Å². The van der Waals surface area contributed by atoms with Gasteiger partial charge in [0.1, 0.15) is 17.3 Å². The molecule has 1 saturated heterocycles. The molecule has 0 spiro atoms. The van der Waals surface area contributed by atoms with Gasteiger partial charge in [-0.3, -0.25) is 14.5 Å². The molecule has 0 saturated carbocycles. The van der Waals surface area contributed by atoms with Gasteiger partial charge < -0.3 is 9.84 Å². The summed E-state index contributed by atoms with van der Waals surface area (Å²) in [5.74, 6) is -1.11. The highest BCUT2D eigenvalue weighted by Crippen LogP contribution is 2.42. The number of methoxy groups -OCH3 is 1. The second-order valence-electron chi connectivity index (χ2n) is 7.12. The van der Waals surface area contributed by atoms with Crippen molar-refractivity contribution in [2.45, 2.75) is 13.0 Å². The van der Waals surface area contributed by atoms with E-state index in [0.29, 0.717) is 22.7 Å². The van der Waals surface area contributed by atoms with Gasteiger partial charge in [0.25, 0.3) is 5.78 Å². The Morgan fingerprint density at radius 1 is 1.10 bits per heavy atom. The number of benzene rings is 2. The number of ketones is 1. The number of hydrogen-bond acceptors (Lipinski definition) is 5. The Morgan fingerprint density at radius 2 is 1.84 bits per heavy atom. The average Bonchev–Trinajstić information content (AvgIpc) is 3.05. The minimum absolute atomic E-state index is 0.0271. The lowest BCUT2D eigenvalue weighted by Gasteiger charge is -2.24. The van der Waals surface area contributed by atoms with Gasteiger partial charge in [-0.2, -0.15) is 0 Å². The van der Waals surface area contributed by atoms with Gasteiger partial charge in [0, 0.05) is 11.8 Å². The highest BCUT2D eigenvalue weighted by molar-refractivity contribution is 6.51. The van der Waals surface area contributed by atoms with Crippen LogP contribution in [0.3, 0.4) is 0 Å². The highest BCUT2D eigenvalue weighted by Gasteiger charge is 2.47. The third-order valence-electron chi connectivity index (χ3n) is 5.16. The van der Waals surface area contributed by atoms with Crippen LogP contribution < -0.4 is 9.64 Å². The van der Waals surface area contributed by atoms with Crippen LogP contribution in [-0.2, 0) is 9.59 Å². The van der Waals surface area contributed by atoms with E-state index >= 15 is 0 Å². The summed E-state index contributed by atoms with van der Waals surface area (Å²) in [6, 6.07) is 16.4. The number of rotatable bonds is 4. The Labute approximate surface area is 184 Å². The van der Waals surface area contributed by atoms with E-state index < -0.39 is 17.7 Å². The summed E-state index contributed by atoms with van der Waals surface area (Å²) in [7, 11) is 1.48. The second kappa shape index (κ2) is 8.24. The van der Waals surface area contributed by atoms with Crippen molar-refractivity contribution in [3.8, 4) is 5.75 Å². The monoisotopic (exact) mass is 434 g/mol. The number of aryl methyl sites for hydroxylation is 1. The van der Waals surface area contributed by atoms with Crippen molar-refractivity contribution in [2.75, 3.05) is 12.0 Å². The van der Waals surface area contributed by atoms with Crippen LogP contribution >= 0.6 is 11.6 Å². The number of halogens is 1. The number of hydrogen-bond donors (Lipinski definition) is 1. The van der Waals surface area contributed by atoms with E-state index in [4.69, 9.17) is 16.3 Å². The summed E-state index contributed by atoms with van der Waals surface area (Å²) in [4.78, 5) is 31.6. The molecule has 0 radical (unpaired) electrons. The first-order valence-corrected chi connectivity index (χ1v) is 9.92. The van der Waals surface area contributed by atoms with Crippen LogP contribution in [0.5, 0.6) is 5.75 Å². The molecule has 1 N–H and O–H groups in total. The fourth-order valence-electron chi connectivity index (χ4n) is 3.60. The molecule has 156 valence electrons. The summed E-state index contributed by atoms with van der Waals surface area (Å²) in [6.45, 7) is 1.94. The SMILES string of the molecule is COc1ccc(/C(O)=C2\C(=O)C(=O)N(c3ccccn3)C2c2ccc(C)cc2)cc1Cl. The third-order valence-corrected chi connectivity index (χ3v) is 5.45. The Kier molecular flexibility index (Phi) is 5.48. The minimum Gasteiger partial charge on any atom is -0.507 e. The van der Waals surface area contributed by atoms with Gasteiger partial charge in [-0.25, -0.2) is 4.98 Å². The zero-order valence-electron chi connectivity index (χ0n) is 16.9. The van der Waals surface area contributed by atoms with Crippen LogP contribution in [0.25, 0.3) is 5.76 Å². The lowest BCUT2D eigenvalue weighted by atomic mass is 9.94. The quantitative estimate of drug-likeness (QED) is 0.366. The largest absolute Gasteiger partial charge is 0.507 e. The van der Waals surface area contributed by atoms with Crippen LogP contribution in [-0.4, -0.2) is 28.9 Å². The summed E-state index contributed by atoms with van der Waals surface area (Å²) >= 11 is 6.21. The molecule has 1 aliphatic heterocycles. The average molecular weight is 435 g/mol. The van der Waals surface area contributed by atoms with Crippen LogP contribution in [0.4, 0.5) is 5.82 Å². The van der Waals surface area contributed by atoms with E-state index in [2.05, 4.69) is 4.98 Å². The number of nitrogens with zero attached hydrogens (tertiary/aromatic N) is 2. The van der Waals surface area contributed by atoms with Gasteiger partial charge in [0.2, 0.25) is 0 Å². The first kappa shape index (κ1) is 20.6. The van der Waals surface area contributed by atoms with Crippen molar-refractivity contribution in [1.82, 2.24) is 4.98 Å². The second-order valence-corrected chi connectivity index (χ2v) is 7.52. The van der Waals surface area contributed by atoms with Crippen molar-refractivity contribution in [3.05, 3.63) is 94.1 Å². The first-order chi connectivity index (χ1) is 14.9. The maximum absolute atomic E-state index is 13.1. The Morgan fingerprint density at radius 3 is 2.45 bits per heavy atom. The number of ether oxygens (including phenoxy) is 1. The number of amides is 1. The van der Waals surface area contributed by atoms with Crippen LogP contribution in [0.1, 0.15) is 22.7 Å². The molecule has 0 aliphatic carbocycles. The summed E-state index contributed by atoms with van der Waals surface area (Å²) < 4.78 is 5.15. The highest BCUT2D eigenvalue weighted by atomic mass is 35.5. The van der Waals surface area contributed by atoms with E-state index in [1.165, 1.54) is 18.1 Å². The van der Waals surface area contributed by atoms with Crippen molar-refractivity contribution in [1.29, 1.82) is 0 Å². The third kappa shape index (κ3) is 3.66. The maximum atomic E-state index is 13.1. The molecule has 1 unspecified atom stereocenters. The molecule has 1 atom stereocenters. The van der Waals surface area contributed by atoms with E-state index in [-0.39, 0.29) is 16.4 Å². The predicted octanol–water partition coefficient (Wildman–Crippen LogP) is 4.68. The van der Waals surface area contributed by atoms with Crippen molar-refractivity contribution < 1.29 is 19.4 Å². The summed E-state index contributed by atoms with van der Waals surface area (Å²) in [6.07, 6.45) is 1.55. The molecule has 6 nitrogen and oxygen atoms in total. The lowest BCUT2D eigenvalue weighted by Crippen LogP contribution is -2.30. The lowest BCUT2D eigenvalue weighted by molar-refractivity contribution is -0.132. The number of carbonyl (C=O) groups excluding carboxylic acids is 2. The topological polar surface area (TPSA) is 79.7 Å². The predicted molar refractivity (Wildman–Crippen MR) is 118 cm³/mol. The number of anilines is 1. The Bertz CT molecular complexity index is 1190. The smallest absolute Gasteiger partial charge is 0.301 e. The molecule has 31 heavy (non-hydrogen) atoms. The molecule has 4 rings (SSSR count). The Balaban J connectivity index is 1.93. The number of pyridine rings is 1. The molecular formula is C24H19ClN2O4. The minimum atomic E-state index is -0.837. The molecule has 1 aliphatic rings. The Hall–Kier alpha value is -3.64. The molecule has 1 amide bonds. The van der Waals surface area contributed by atoms with Gasteiger partial charge >= 0.3 is 5.91 Å². The zero-order valence-corrected chi connectivity index (χ0v) is 17.6. The van der Waals surface area contributed by atoms with Gasteiger partial charge in [0.15, 0.2) is 0 Å². The standard InChI is InChI=1S/C24H19ClN2O4/c1-14-6-8-15(9-7-14)21-20(22(28)16-10-11-18(31-2)17(25)13-16)23(29)24(30)27(21)19-5-3-4-12-26-19/h3-13,21,28H,1-2H3/b22-20+. The molecule has 3 aromatic rings. The van der Waals surface area contributed by atoms with Crippen molar-refractivity contribution in [3.63, 3.8) is 0 Å². The summed E-state index contributed by atoms with van der Waals surface area (Å²) in [5, 5.41) is 11.4. The van der Waals surface area contributed by atoms with E-state index in [0.717, 1.165) is 5.56 Å². The maximum Gasteiger partial charge on any atom is 0.301 e. The van der Waals surface area contributed by atoms with E-state index in [9.17, 15) is 14.7 Å². The zero-order chi connectivity index (χ0) is 22.1. The molecule has 2 heterocycles. The molecule has 0 bridgehead atoms. The van der Waals surface area contributed by atoms with Gasteiger partial charge in [-0.1, -0.05) is 47.5 Å². The molecule has 7 heteroatoms. The van der Waals surface area contributed by atoms with Crippen LogP contribution in [0.15, 0.2) is 72.4 Å². The number of carbonyl (C=O) groups is 2. The fraction of sp³-hybridized carbons (Fsp3) is 0.125. The molecule has 2 aromatic carbocycles. The number of aliphatic hydroxyl groups excluding tert-OH is 1. The van der Waals surface area contributed by atoms with E-state index in [1.807, 2.05) is 31.2 Å². The number of Topliss-reactive ketones (excluding diaryl/α,β-unsaturated/α-hetero) is 1. The molecular weight excluding hydrogens is 416 g/mol. The van der Waals surface area contributed by atoms with Crippen LogP contribution in [0, 0.1) is 6.92 Å². The normalized spacial score (nSPS) is 17.8. The van der Waals surface area contributed by atoms with Gasteiger partial charge in [-0.15, -0.1) is 0 Å². The first-order valence-electron chi connectivity index (χ1n) is 9.55. The summed E-state index contributed by atoms with van der Waals surface area (Å²) in [5.41, 5.74) is 1.99. The van der Waals surface area contributed by atoms with Crippen molar-refractivity contribution in [2.24, 2.45) is 0 Å². The fourth-order valence-corrected chi connectivity index (χ4v) is 3.86. The molecule has 1 aromatic heterocycles. The number of aliphatic hydroxyl groups is 1. The van der Waals surface area contributed by atoms with Crippen molar-refractivity contribution >= 4 is 34.9 Å². The van der Waals surface area contributed by atoms with Gasteiger partial charge in [-0.05, 0) is 42.8 Å². The molecule has 1 fully saturated rings. The van der Waals surface area contributed by atoms with E-state index in [1.54, 1.807) is 36.5 Å².